The van der Waals surface area contributed by atoms with Crippen molar-refractivity contribution >= 4 is 5.69 Å². The summed E-state index contributed by atoms with van der Waals surface area (Å²) in [6, 6.07) is 13.4. The van der Waals surface area contributed by atoms with Gasteiger partial charge in [-0.25, -0.2) is 0 Å². The Bertz CT molecular complexity index is 537. The van der Waals surface area contributed by atoms with Crippen LogP contribution in [0.4, 0.5) is 5.69 Å². The van der Waals surface area contributed by atoms with Crippen LogP contribution in [0.5, 0.6) is 0 Å². The Kier molecular flexibility index (Phi) is 5.11. The molecule has 1 aliphatic rings. The Hall–Kier alpha value is -1.81. The minimum atomic E-state index is 0.611. The van der Waals surface area contributed by atoms with Crippen molar-refractivity contribution in [2.24, 2.45) is 0 Å². The van der Waals surface area contributed by atoms with E-state index in [1.165, 1.54) is 18.7 Å². The first kappa shape index (κ1) is 15.1. The van der Waals surface area contributed by atoms with E-state index in [0.29, 0.717) is 6.04 Å². The molecule has 1 fully saturated rings. The first-order valence-electron chi connectivity index (χ1n) is 8.34. The molecule has 0 radical (unpaired) electrons. The van der Waals surface area contributed by atoms with Crippen LogP contribution in [0.2, 0.25) is 0 Å². The van der Waals surface area contributed by atoms with E-state index in [-0.39, 0.29) is 0 Å². The molecule has 0 N–H and O–H groups in total. The molecule has 0 saturated carbocycles. The zero-order valence-corrected chi connectivity index (χ0v) is 13.4. The van der Waals surface area contributed by atoms with Gasteiger partial charge in [-0.1, -0.05) is 18.2 Å². The molecule has 1 aromatic heterocycles. The van der Waals surface area contributed by atoms with Gasteiger partial charge >= 0.3 is 0 Å². The Morgan fingerprint density at radius 1 is 1.05 bits per heavy atom. The summed E-state index contributed by atoms with van der Waals surface area (Å²) in [5.74, 6) is 0. The second-order valence-electron chi connectivity index (χ2n) is 6.12. The van der Waals surface area contributed by atoms with Crippen molar-refractivity contribution in [3.63, 3.8) is 0 Å². The van der Waals surface area contributed by atoms with Gasteiger partial charge in [0.05, 0.1) is 0 Å². The van der Waals surface area contributed by atoms with Crippen molar-refractivity contribution in [3.05, 3.63) is 48.8 Å². The lowest BCUT2D eigenvalue weighted by molar-refractivity contribution is 0.206. The number of hydrogen-bond acceptors (Lipinski definition) is 3. The minimum absolute atomic E-state index is 0.611. The highest BCUT2D eigenvalue weighted by Gasteiger charge is 2.19. The molecule has 0 amide bonds. The molecule has 118 valence electrons. The molecule has 0 unspecified atom stereocenters. The third-order valence-electron chi connectivity index (χ3n) is 4.61. The normalized spacial score (nSPS) is 18.1. The number of para-hydroxylation sites is 1. The highest BCUT2D eigenvalue weighted by Crippen LogP contribution is 2.17. The van der Waals surface area contributed by atoms with Crippen LogP contribution < -0.4 is 4.90 Å². The molecule has 0 aliphatic carbocycles. The zero-order valence-electron chi connectivity index (χ0n) is 13.4. The molecule has 1 atom stereocenters. The fourth-order valence-electron chi connectivity index (χ4n) is 3.21. The molecule has 22 heavy (non-hydrogen) atoms. The summed E-state index contributed by atoms with van der Waals surface area (Å²) >= 11 is 0. The zero-order chi connectivity index (χ0) is 15.2. The van der Waals surface area contributed by atoms with E-state index < -0.39 is 0 Å². The lowest BCUT2D eigenvalue weighted by Gasteiger charge is -2.28. The maximum Gasteiger partial charge on any atom is 0.0489 e. The van der Waals surface area contributed by atoms with Crippen LogP contribution in [0.3, 0.4) is 0 Å². The molecular weight excluding hydrogens is 272 g/mol. The number of nitrogens with zero attached hydrogens (tertiary/aromatic N) is 4. The Labute approximate surface area is 133 Å². The minimum Gasteiger partial charge on any atom is -0.370 e. The van der Waals surface area contributed by atoms with Crippen LogP contribution in [0, 0.1) is 0 Å². The molecule has 0 bridgehead atoms. The molecule has 1 saturated heterocycles. The van der Waals surface area contributed by atoms with Crippen LogP contribution in [0.25, 0.3) is 0 Å². The summed E-state index contributed by atoms with van der Waals surface area (Å²) in [4.78, 5) is 5.15. The maximum absolute atomic E-state index is 4.29. The van der Waals surface area contributed by atoms with Crippen molar-refractivity contribution in [1.29, 1.82) is 0 Å². The fourth-order valence-corrected chi connectivity index (χ4v) is 3.21. The molecule has 1 aliphatic heterocycles. The smallest absolute Gasteiger partial charge is 0.0489 e. The molecular formula is C18H26N4. The van der Waals surface area contributed by atoms with Crippen LogP contribution in [-0.4, -0.2) is 46.9 Å². The van der Waals surface area contributed by atoms with Gasteiger partial charge in [0.15, 0.2) is 0 Å². The molecule has 4 heteroatoms. The van der Waals surface area contributed by atoms with Crippen molar-refractivity contribution in [3.8, 4) is 0 Å². The van der Waals surface area contributed by atoms with E-state index in [4.69, 9.17) is 0 Å². The van der Waals surface area contributed by atoms with E-state index in [0.717, 1.165) is 32.6 Å². The standard InChI is InChI=1S/C18H26N4/c1-17(9-14-22-13-5-10-19-22)20-11-6-12-21(16-15-20)18-7-3-2-4-8-18/h2-5,7-8,10,13,17H,6,9,11-12,14-16H2,1H3/t17-/m1/s1. The van der Waals surface area contributed by atoms with Gasteiger partial charge in [0.2, 0.25) is 0 Å². The third kappa shape index (κ3) is 3.89. The number of anilines is 1. The lowest BCUT2D eigenvalue weighted by Crippen LogP contribution is -2.37. The number of hydrogen-bond donors (Lipinski definition) is 0. The van der Waals surface area contributed by atoms with Gasteiger partial charge in [0.1, 0.15) is 0 Å². The van der Waals surface area contributed by atoms with Crippen LogP contribution in [-0.2, 0) is 6.54 Å². The Balaban J connectivity index is 1.51. The first-order valence-corrected chi connectivity index (χ1v) is 8.34. The molecule has 0 spiro atoms. The van der Waals surface area contributed by atoms with Crippen molar-refractivity contribution < 1.29 is 0 Å². The number of benzene rings is 1. The topological polar surface area (TPSA) is 24.3 Å². The summed E-state index contributed by atoms with van der Waals surface area (Å²) in [6.45, 7) is 7.98. The summed E-state index contributed by atoms with van der Waals surface area (Å²) < 4.78 is 2.03. The van der Waals surface area contributed by atoms with Gasteiger partial charge in [-0.3, -0.25) is 9.58 Å². The number of rotatable bonds is 5. The largest absolute Gasteiger partial charge is 0.370 e. The summed E-state index contributed by atoms with van der Waals surface area (Å²) in [6.07, 6.45) is 6.30. The monoisotopic (exact) mass is 298 g/mol. The van der Waals surface area contributed by atoms with Crippen LogP contribution in [0.15, 0.2) is 48.8 Å². The van der Waals surface area contributed by atoms with Gasteiger partial charge in [0.25, 0.3) is 0 Å². The van der Waals surface area contributed by atoms with Crippen LogP contribution >= 0.6 is 0 Å². The second-order valence-corrected chi connectivity index (χ2v) is 6.12. The summed E-state index contributed by atoms with van der Waals surface area (Å²) in [5.41, 5.74) is 1.36. The maximum atomic E-state index is 4.29. The van der Waals surface area contributed by atoms with Gasteiger partial charge in [-0.05, 0) is 38.0 Å². The number of aryl methyl sites for hydroxylation is 1. The van der Waals surface area contributed by atoms with Gasteiger partial charge < -0.3 is 4.90 Å². The molecule has 1 aromatic carbocycles. The molecule has 2 aromatic rings. The van der Waals surface area contributed by atoms with Crippen molar-refractivity contribution in [2.75, 3.05) is 31.1 Å². The van der Waals surface area contributed by atoms with Gasteiger partial charge in [0, 0.05) is 56.8 Å². The van der Waals surface area contributed by atoms with Crippen molar-refractivity contribution in [2.45, 2.75) is 32.4 Å². The van der Waals surface area contributed by atoms with E-state index in [1.807, 2.05) is 23.1 Å². The van der Waals surface area contributed by atoms with E-state index in [2.05, 4.69) is 52.2 Å². The number of aromatic nitrogens is 2. The van der Waals surface area contributed by atoms with E-state index in [1.54, 1.807) is 0 Å². The Morgan fingerprint density at radius 2 is 1.91 bits per heavy atom. The highest BCUT2D eigenvalue weighted by atomic mass is 15.3. The SMILES string of the molecule is C[C@H](CCn1cccn1)N1CCCN(c2ccccc2)CC1. The summed E-state index contributed by atoms with van der Waals surface area (Å²) in [7, 11) is 0. The Morgan fingerprint density at radius 3 is 2.68 bits per heavy atom. The quantitative estimate of drug-likeness (QED) is 0.848. The van der Waals surface area contributed by atoms with Crippen molar-refractivity contribution in [1.82, 2.24) is 14.7 Å². The second kappa shape index (κ2) is 7.45. The van der Waals surface area contributed by atoms with Crippen LogP contribution in [0.1, 0.15) is 19.8 Å². The average molecular weight is 298 g/mol. The average Bonchev–Trinajstić information content (AvgIpc) is 2.96. The van der Waals surface area contributed by atoms with Gasteiger partial charge in [-0.15, -0.1) is 0 Å². The molecule has 2 heterocycles. The molecule has 4 nitrogen and oxygen atoms in total. The fraction of sp³-hybridized carbons (Fsp3) is 0.500. The predicted octanol–water partition coefficient (Wildman–Crippen LogP) is 2.87. The van der Waals surface area contributed by atoms with Gasteiger partial charge in [-0.2, -0.15) is 5.10 Å². The van der Waals surface area contributed by atoms with E-state index in [9.17, 15) is 0 Å². The molecule has 3 rings (SSSR count). The first-order chi connectivity index (χ1) is 10.8. The predicted molar refractivity (Wildman–Crippen MR) is 91.2 cm³/mol. The van der Waals surface area contributed by atoms with E-state index >= 15 is 0 Å². The third-order valence-corrected chi connectivity index (χ3v) is 4.61. The summed E-state index contributed by atoms with van der Waals surface area (Å²) in [5, 5.41) is 4.29. The lowest BCUT2D eigenvalue weighted by atomic mass is 10.2. The highest BCUT2D eigenvalue weighted by molar-refractivity contribution is 5.46.